The number of amides is 1. The molecule has 124 valence electrons. The molecule has 1 heterocycles. The number of aromatic nitrogens is 2. The molecule has 0 saturated heterocycles. The normalized spacial score (nSPS) is 12.6. The van der Waals surface area contributed by atoms with Crippen molar-refractivity contribution in [1.82, 2.24) is 10.2 Å². The Labute approximate surface area is 127 Å². The Kier molecular flexibility index (Phi) is 4.72. The van der Waals surface area contributed by atoms with E-state index in [1.54, 1.807) is 18.3 Å². The van der Waals surface area contributed by atoms with E-state index in [1.165, 1.54) is 18.2 Å². The first kappa shape index (κ1) is 16.6. The highest BCUT2D eigenvalue weighted by atomic mass is 19.4. The summed E-state index contributed by atoms with van der Waals surface area (Å²) in [7, 11) is 0. The van der Waals surface area contributed by atoms with Crippen molar-refractivity contribution in [3.63, 3.8) is 0 Å². The molecule has 0 aliphatic heterocycles. The lowest BCUT2D eigenvalue weighted by molar-refractivity contribution is -0.167. The lowest BCUT2D eigenvalue weighted by Crippen LogP contribution is -2.30. The lowest BCUT2D eigenvalue weighted by Gasteiger charge is -2.15. The van der Waals surface area contributed by atoms with Crippen LogP contribution in [0.4, 0.5) is 29.1 Å². The van der Waals surface area contributed by atoms with Crippen LogP contribution in [-0.2, 0) is 4.79 Å². The Bertz CT molecular complexity index is 687. The predicted molar refractivity (Wildman–Crippen MR) is 73.4 cm³/mol. The zero-order valence-corrected chi connectivity index (χ0v) is 11.7. The Hall–Kier alpha value is -2.78. The van der Waals surface area contributed by atoms with E-state index >= 15 is 0 Å². The average molecular weight is 332 g/mol. The molecule has 0 aliphatic carbocycles. The molecule has 0 spiro atoms. The summed E-state index contributed by atoms with van der Waals surface area (Å²) in [6, 6.07) is 6.97. The number of nitrogens with one attached hydrogen (secondary N) is 3. The molecule has 0 fully saturated rings. The van der Waals surface area contributed by atoms with Gasteiger partial charge in [0.2, 0.25) is 5.88 Å². The maximum atomic E-state index is 13.5. The summed E-state index contributed by atoms with van der Waals surface area (Å²) >= 11 is 0. The summed E-state index contributed by atoms with van der Waals surface area (Å²) in [4.78, 5) is 10.8. The minimum absolute atomic E-state index is 0.0705. The maximum Gasteiger partial charge on any atom is 0.471 e. The van der Waals surface area contributed by atoms with E-state index in [9.17, 15) is 22.4 Å². The van der Waals surface area contributed by atoms with E-state index in [0.29, 0.717) is 0 Å². The molecule has 1 atom stereocenters. The zero-order chi connectivity index (χ0) is 17.0. The first-order chi connectivity index (χ1) is 10.8. The number of carbonyl (C=O) groups is 1. The van der Waals surface area contributed by atoms with E-state index in [4.69, 9.17) is 4.74 Å². The van der Waals surface area contributed by atoms with Gasteiger partial charge in [-0.3, -0.25) is 9.89 Å². The van der Waals surface area contributed by atoms with E-state index in [1.807, 2.05) is 0 Å². The molecule has 0 radical (unpaired) electrons. The first-order valence-electron chi connectivity index (χ1n) is 6.37. The second kappa shape index (κ2) is 6.55. The second-order valence-electron chi connectivity index (χ2n) is 4.46. The second-order valence-corrected chi connectivity index (χ2v) is 4.46. The fraction of sp³-hybridized carbons (Fsp3) is 0.231. The molecule has 0 aliphatic rings. The van der Waals surface area contributed by atoms with Crippen molar-refractivity contribution in [1.29, 1.82) is 0 Å². The van der Waals surface area contributed by atoms with Crippen LogP contribution >= 0.6 is 0 Å². The maximum absolute atomic E-state index is 13.5. The quantitative estimate of drug-likeness (QED) is 0.581. The summed E-state index contributed by atoms with van der Waals surface area (Å²) in [5.74, 6) is -2.97. The van der Waals surface area contributed by atoms with Crippen LogP contribution in [0.5, 0.6) is 5.88 Å². The number of anilines is 2. The van der Waals surface area contributed by atoms with Gasteiger partial charge < -0.3 is 15.4 Å². The smallest absolute Gasteiger partial charge is 0.453 e. The highest BCUT2D eigenvalue weighted by Gasteiger charge is 2.39. The van der Waals surface area contributed by atoms with Gasteiger partial charge >= 0.3 is 12.1 Å². The Morgan fingerprint density at radius 2 is 2.04 bits per heavy atom. The molecule has 3 N–H and O–H groups in total. The summed E-state index contributed by atoms with van der Waals surface area (Å²) in [6.45, 7) is 1.55. The SMILES string of the molecule is CC(Nc1ccccc1F)Oc1cc(NC(=O)C(F)(F)F)[nH]n1. The molecule has 10 heteroatoms. The topological polar surface area (TPSA) is 79.0 Å². The number of nitrogens with zero attached hydrogens (tertiary/aromatic N) is 1. The molecule has 0 bridgehead atoms. The van der Waals surface area contributed by atoms with Gasteiger partial charge in [-0.1, -0.05) is 12.1 Å². The van der Waals surface area contributed by atoms with Crippen LogP contribution in [0.3, 0.4) is 0 Å². The molecule has 2 aromatic rings. The summed E-state index contributed by atoms with van der Waals surface area (Å²) in [6.07, 6.45) is -5.73. The number of aromatic amines is 1. The number of H-pyrrole nitrogens is 1. The highest BCUT2D eigenvalue weighted by molar-refractivity contribution is 5.94. The van der Waals surface area contributed by atoms with Crippen molar-refractivity contribution in [3.05, 3.63) is 36.1 Å². The number of ether oxygens (including phenoxy) is 1. The Morgan fingerprint density at radius 3 is 2.70 bits per heavy atom. The molecule has 2 rings (SSSR count). The molecular weight excluding hydrogens is 320 g/mol. The number of carbonyl (C=O) groups excluding carboxylic acids is 1. The van der Waals surface area contributed by atoms with Crippen molar-refractivity contribution >= 4 is 17.4 Å². The summed E-state index contributed by atoms with van der Waals surface area (Å²) in [5, 5.41) is 10.1. The fourth-order valence-electron chi connectivity index (χ4n) is 1.63. The standard InChI is InChI=1S/C13H12F4N4O2/c1-7(18-9-5-3-2-4-8(9)14)23-11-6-10(20-21-11)19-12(22)13(15,16)17/h2-7,18H,1H3,(H2,19,20,21,22). The Balaban J connectivity index is 1.94. The minimum Gasteiger partial charge on any atom is -0.453 e. The van der Waals surface area contributed by atoms with Crippen molar-refractivity contribution in [3.8, 4) is 5.88 Å². The van der Waals surface area contributed by atoms with Crippen LogP contribution in [0, 0.1) is 5.82 Å². The molecule has 1 aromatic carbocycles. The monoisotopic (exact) mass is 332 g/mol. The summed E-state index contributed by atoms with van der Waals surface area (Å²) < 4.78 is 55.0. The largest absolute Gasteiger partial charge is 0.471 e. The number of hydrogen-bond acceptors (Lipinski definition) is 4. The molecule has 1 unspecified atom stereocenters. The molecule has 23 heavy (non-hydrogen) atoms. The van der Waals surface area contributed by atoms with Crippen molar-refractivity contribution in [2.24, 2.45) is 0 Å². The molecule has 6 nitrogen and oxygen atoms in total. The number of hydrogen-bond donors (Lipinski definition) is 3. The van der Waals surface area contributed by atoms with E-state index in [2.05, 4.69) is 15.5 Å². The van der Waals surface area contributed by atoms with Crippen LogP contribution in [0.1, 0.15) is 6.92 Å². The van der Waals surface area contributed by atoms with Crippen LogP contribution in [0.2, 0.25) is 0 Å². The van der Waals surface area contributed by atoms with Crippen LogP contribution < -0.4 is 15.4 Å². The molecule has 1 aromatic heterocycles. The van der Waals surface area contributed by atoms with Gasteiger partial charge in [-0.2, -0.15) is 13.2 Å². The third-order valence-electron chi connectivity index (χ3n) is 2.59. The van der Waals surface area contributed by atoms with Crippen molar-refractivity contribution in [2.75, 3.05) is 10.6 Å². The average Bonchev–Trinajstić information content (AvgIpc) is 2.87. The van der Waals surface area contributed by atoms with Gasteiger partial charge in [-0.25, -0.2) is 4.39 Å². The molecule has 0 saturated carbocycles. The predicted octanol–water partition coefficient (Wildman–Crippen LogP) is 2.89. The van der Waals surface area contributed by atoms with Gasteiger partial charge in [0.1, 0.15) is 11.6 Å². The third kappa shape index (κ3) is 4.59. The Morgan fingerprint density at radius 1 is 1.35 bits per heavy atom. The van der Waals surface area contributed by atoms with Crippen LogP contribution in [-0.4, -0.2) is 28.5 Å². The van der Waals surface area contributed by atoms with Crippen LogP contribution in [0.25, 0.3) is 0 Å². The van der Waals surface area contributed by atoms with E-state index in [-0.39, 0.29) is 17.4 Å². The van der Waals surface area contributed by atoms with Gasteiger partial charge in [0.15, 0.2) is 6.23 Å². The van der Waals surface area contributed by atoms with Gasteiger partial charge in [0.25, 0.3) is 0 Å². The van der Waals surface area contributed by atoms with Gasteiger partial charge in [-0.05, 0) is 19.1 Å². The third-order valence-corrected chi connectivity index (χ3v) is 2.59. The van der Waals surface area contributed by atoms with E-state index in [0.717, 1.165) is 6.07 Å². The number of alkyl halides is 3. The zero-order valence-electron chi connectivity index (χ0n) is 11.7. The van der Waals surface area contributed by atoms with Crippen molar-refractivity contribution < 1.29 is 27.1 Å². The molecular formula is C13H12F4N4O2. The van der Waals surface area contributed by atoms with Gasteiger partial charge in [0, 0.05) is 6.07 Å². The van der Waals surface area contributed by atoms with Gasteiger partial charge in [0.05, 0.1) is 5.69 Å². The summed E-state index contributed by atoms with van der Waals surface area (Å²) in [5.41, 5.74) is 0.195. The lowest BCUT2D eigenvalue weighted by atomic mass is 10.3. The highest BCUT2D eigenvalue weighted by Crippen LogP contribution is 2.20. The molecule has 1 amide bonds. The number of benzene rings is 1. The first-order valence-corrected chi connectivity index (χ1v) is 6.37. The number of para-hydroxylation sites is 1. The number of rotatable bonds is 5. The van der Waals surface area contributed by atoms with Crippen LogP contribution in [0.15, 0.2) is 30.3 Å². The fourth-order valence-corrected chi connectivity index (χ4v) is 1.63. The van der Waals surface area contributed by atoms with Gasteiger partial charge in [-0.15, -0.1) is 5.10 Å². The minimum atomic E-state index is -5.01. The van der Waals surface area contributed by atoms with Crippen molar-refractivity contribution in [2.45, 2.75) is 19.3 Å². The van der Waals surface area contributed by atoms with E-state index < -0.39 is 24.1 Å². The number of halogens is 4.